The molecule has 1 saturated heterocycles. The summed E-state index contributed by atoms with van der Waals surface area (Å²) in [6.45, 7) is 34.7. The van der Waals surface area contributed by atoms with Crippen LogP contribution in [0.5, 0.6) is 11.5 Å². The molecule has 3 rings (SSSR count). The molecule has 0 unspecified atom stereocenters. The Morgan fingerprint density at radius 2 is 0.939 bits per heavy atom. The molecule has 1 fully saturated rings. The summed E-state index contributed by atoms with van der Waals surface area (Å²) in [6.07, 6.45) is 1.10. The average Bonchev–Trinajstić information content (AvgIpc) is 2.85. The summed E-state index contributed by atoms with van der Waals surface area (Å²) < 4.78 is 6.47. The molecule has 274 valence electrons. The van der Waals surface area contributed by atoms with Crippen molar-refractivity contribution < 1.29 is 24.5 Å². The lowest BCUT2D eigenvalue weighted by atomic mass is 9.70. The molecule has 2 aromatic rings. The van der Waals surface area contributed by atoms with E-state index in [2.05, 4.69) is 116 Å². The quantitative estimate of drug-likeness (QED) is 0.200. The Balaban J connectivity index is 2.35. The number of ether oxygens (including phenoxy) is 1. The van der Waals surface area contributed by atoms with Crippen LogP contribution < -0.4 is 5.32 Å². The Hall–Kier alpha value is -2.86. The SMILES string of the molecule is CC(=O)C(Cc1cc(C(C)(C)C)c(O)c(C(C)(C)C)c1)(Cc1cc(C(C)(C)C)c(O)c(C(C)(C)C)c1)C(=O)OC1CC(C)(C)NC(C)(C)C1. The van der Waals surface area contributed by atoms with Crippen LogP contribution in [0.1, 0.15) is 164 Å². The summed E-state index contributed by atoms with van der Waals surface area (Å²) in [5.41, 5.74) is 1.10. The zero-order chi connectivity index (χ0) is 37.9. The third-order valence-corrected chi connectivity index (χ3v) is 10.1. The van der Waals surface area contributed by atoms with Gasteiger partial charge in [-0.1, -0.05) is 107 Å². The van der Waals surface area contributed by atoms with E-state index in [1.165, 1.54) is 6.92 Å². The van der Waals surface area contributed by atoms with E-state index >= 15 is 0 Å². The molecule has 1 aliphatic rings. The molecule has 0 spiro atoms. The van der Waals surface area contributed by atoms with Gasteiger partial charge in [-0.3, -0.25) is 9.59 Å². The minimum atomic E-state index is -1.55. The number of phenolic OH excluding ortho intramolecular Hbond substituents is 2. The second-order valence-electron chi connectivity index (χ2n) is 20.4. The van der Waals surface area contributed by atoms with Gasteiger partial charge in [0.05, 0.1) is 0 Å². The van der Waals surface area contributed by atoms with Crippen molar-refractivity contribution in [3.05, 3.63) is 57.6 Å². The normalized spacial score (nSPS) is 17.6. The summed E-state index contributed by atoms with van der Waals surface area (Å²) in [5.74, 6) is -0.289. The lowest BCUT2D eigenvalue weighted by Gasteiger charge is -2.46. The van der Waals surface area contributed by atoms with Gasteiger partial charge in [-0.15, -0.1) is 0 Å². The minimum Gasteiger partial charge on any atom is -0.507 e. The lowest BCUT2D eigenvalue weighted by Crippen LogP contribution is -2.60. The monoisotopic (exact) mass is 678 g/mol. The zero-order valence-corrected chi connectivity index (χ0v) is 33.8. The van der Waals surface area contributed by atoms with Crippen LogP contribution in [-0.2, 0) is 48.8 Å². The lowest BCUT2D eigenvalue weighted by molar-refractivity contribution is -0.168. The summed E-state index contributed by atoms with van der Waals surface area (Å²) >= 11 is 0. The van der Waals surface area contributed by atoms with Gasteiger partial charge in [0.25, 0.3) is 0 Å². The Kier molecular flexibility index (Phi) is 10.8. The van der Waals surface area contributed by atoms with Crippen molar-refractivity contribution in [3.8, 4) is 11.5 Å². The minimum absolute atomic E-state index is 0.113. The highest BCUT2D eigenvalue weighted by Gasteiger charge is 2.49. The average molecular weight is 678 g/mol. The van der Waals surface area contributed by atoms with Gasteiger partial charge in [0.1, 0.15) is 28.8 Å². The predicted octanol–water partition coefficient (Wildman–Crippen LogP) is 9.50. The van der Waals surface area contributed by atoms with Crippen molar-refractivity contribution in [2.45, 2.75) is 182 Å². The number of esters is 1. The molecule has 1 heterocycles. The molecule has 0 bridgehead atoms. The smallest absolute Gasteiger partial charge is 0.320 e. The fourth-order valence-electron chi connectivity index (χ4n) is 7.75. The molecule has 6 nitrogen and oxygen atoms in total. The highest BCUT2D eigenvalue weighted by atomic mass is 16.5. The second kappa shape index (κ2) is 13.0. The molecular formula is C43H67NO5. The first-order valence-corrected chi connectivity index (χ1v) is 18.0. The van der Waals surface area contributed by atoms with Crippen molar-refractivity contribution in [1.82, 2.24) is 5.32 Å². The number of nitrogens with one attached hydrogen (secondary N) is 1. The summed E-state index contributed by atoms with van der Waals surface area (Å²) in [4.78, 5) is 29.2. The molecular weight excluding hydrogens is 610 g/mol. The van der Waals surface area contributed by atoms with E-state index in [9.17, 15) is 19.8 Å². The van der Waals surface area contributed by atoms with Gasteiger partial charge < -0.3 is 20.3 Å². The Morgan fingerprint density at radius 1 is 0.653 bits per heavy atom. The van der Waals surface area contributed by atoms with Gasteiger partial charge in [0, 0.05) is 23.9 Å². The van der Waals surface area contributed by atoms with Crippen LogP contribution in [0.3, 0.4) is 0 Å². The van der Waals surface area contributed by atoms with Gasteiger partial charge in [-0.05, 0) is 103 Å². The van der Waals surface area contributed by atoms with E-state index in [4.69, 9.17) is 4.74 Å². The first kappa shape index (κ1) is 40.6. The maximum atomic E-state index is 14.9. The molecule has 0 aliphatic carbocycles. The first-order valence-electron chi connectivity index (χ1n) is 18.0. The van der Waals surface area contributed by atoms with Crippen LogP contribution in [0.4, 0.5) is 0 Å². The van der Waals surface area contributed by atoms with Gasteiger partial charge >= 0.3 is 5.97 Å². The fourth-order valence-corrected chi connectivity index (χ4v) is 7.75. The third-order valence-electron chi connectivity index (χ3n) is 10.1. The first-order chi connectivity index (χ1) is 21.8. The van der Waals surface area contributed by atoms with Crippen LogP contribution in [0.25, 0.3) is 0 Å². The van der Waals surface area contributed by atoms with Crippen LogP contribution in [0.15, 0.2) is 24.3 Å². The molecule has 49 heavy (non-hydrogen) atoms. The molecule has 1 aliphatic heterocycles. The summed E-state index contributed by atoms with van der Waals surface area (Å²) in [5, 5.41) is 26.7. The van der Waals surface area contributed by atoms with Crippen LogP contribution in [0, 0.1) is 5.41 Å². The molecule has 3 N–H and O–H groups in total. The number of benzene rings is 2. The summed E-state index contributed by atoms with van der Waals surface area (Å²) in [6, 6.07) is 7.85. The molecule has 0 amide bonds. The molecule has 0 saturated carbocycles. The number of Topliss-reactive ketones (excluding diaryl/α,β-unsaturated/α-hetero) is 1. The summed E-state index contributed by atoms with van der Waals surface area (Å²) in [7, 11) is 0. The highest BCUT2D eigenvalue weighted by molar-refractivity contribution is 6.03. The standard InChI is InChI=1S/C43H67NO5/c1-26(45)43(36(48)49-29-24-41(14,15)44-42(16,17)25-29,22-27-18-30(37(2,3)4)34(46)31(19-27)38(5,6)7)23-28-20-32(39(8,9)10)35(47)33(21-28)40(11,12)13/h18-21,29,44,46-47H,22-25H2,1-17H3. The molecule has 2 aromatic carbocycles. The van der Waals surface area contributed by atoms with Crippen molar-refractivity contribution in [2.75, 3.05) is 0 Å². The third kappa shape index (κ3) is 9.28. The van der Waals surface area contributed by atoms with Crippen LogP contribution in [-0.4, -0.2) is 39.1 Å². The number of piperidine rings is 1. The highest BCUT2D eigenvalue weighted by Crippen LogP contribution is 2.45. The van der Waals surface area contributed by atoms with Gasteiger partial charge in [-0.25, -0.2) is 0 Å². The predicted molar refractivity (Wildman–Crippen MR) is 202 cm³/mol. The number of aromatic hydroxyl groups is 2. The Morgan fingerprint density at radius 3 is 1.18 bits per heavy atom. The van der Waals surface area contributed by atoms with Crippen LogP contribution in [0.2, 0.25) is 0 Å². The van der Waals surface area contributed by atoms with E-state index in [0.29, 0.717) is 12.8 Å². The van der Waals surface area contributed by atoms with Gasteiger partial charge in [-0.2, -0.15) is 0 Å². The van der Waals surface area contributed by atoms with Crippen molar-refractivity contribution in [1.29, 1.82) is 0 Å². The fraction of sp³-hybridized carbons (Fsp3) is 0.674. The Bertz CT molecular complexity index is 1400. The number of ketones is 1. The van der Waals surface area contributed by atoms with E-state index in [-0.39, 0.29) is 69.0 Å². The zero-order valence-electron chi connectivity index (χ0n) is 33.8. The number of carbonyl (C=O) groups excluding carboxylic acids is 2. The maximum absolute atomic E-state index is 14.9. The second-order valence-corrected chi connectivity index (χ2v) is 20.4. The molecule has 0 aromatic heterocycles. The number of phenols is 2. The van der Waals surface area contributed by atoms with Gasteiger partial charge in [0.2, 0.25) is 0 Å². The number of carbonyl (C=O) groups is 2. The molecule has 0 atom stereocenters. The van der Waals surface area contributed by atoms with Crippen molar-refractivity contribution in [2.24, 2.45) is 5.41 Å². The number of rotatable bonds is 7. The van der Waals surface area contributed by atoms with E-state index < -0.39 is 11.4 Å². The topological polar surface area (TPSA) is 95.9 Å². The van der Waals surface area contributed by atoms with E-state index in [1.807, 2.05) is 24.3 Å². The van der Waals surface area contributed by atoms with E-state index in [0.717, 1.165) is 33.4 Å². The van der Waals surface area contributed by atoms with Crippen molar-refractivity contribution >= 4 is 11.8 Å². The maximum Gasteiger partial charge on any atom is 0.320 e. The number of hydrogen-bond donors (Lipinski definition) is 3. The largest absolute Gasteiger partial charge is 0.507 e. The van der Waals surface area contributed by atoms with Crippen molar-refractivity contribution in [3.63, 3.8) is 0 Å². The Labute approximate surface area is 297 Å². The molecule has 6 heteroatoms. The van der Waals surface area contributed by atoms with E-state index in [1.54, 1.807) is 0 Å². The van der Waals surface area contributed by atoms with Crippen LogP contribution >= 0.6 is 0 Å². The number of hydrogen-bond acceptors (Lipinski definition) is 6. The molecule has 0 radical (unpaired) electrons. The van der Waals surface area contributed by atoms with Gasteiger partial charge in [0.15, 0.2) is 0 Å².